The van der Waals surface area contributed by atoms with Gasteiger partial charge in [0.2, 0.25) is 0 Å². The van der Waals surface area contributed by atoms with Gasteiger partial charge in [-0.25, -0.2) is 8.78 Å². The molecule has 35 heavy (non-hydrogen) atoms. The Morgan fingerprint density at radius 1 is 1.09 bits per heavy atom. The highest BCUT2D eigenvalue weighted by Crippen LogP contribution is 2.58. The van der Waals surface area contributed by atoms with E-state index in [1.54, 1.807) is 4.90 Å². The largest absolute Gasteiger partial charge is 0.340 e. The Kier molecular flexibility index (Phi) is 7.29. The Hall–Kier alpha value is -1.53. The maximum Gasteiger partial charge on any atom is 0.253 e. The molecule has 1 amide bonds. The number of hydrogen-bond donors (Lipinski definition) is 1. The van der Waals surface area contributed by atoms with Crippen LogP contribution >= 0.6 is 11.6 Å². The second-order valence-corrected chi connectivity index (χ2v) is 12.7. The summed E-state index contributed by atoms with van der Waals surface area (Å²) < 4.78 is 31.3. The Labute approximate surface area is 219 Å². The molecule has 15 heteroatoms. The molecule has 3 rings (SSSR count). The zero-order chi connectivity index (χ0) is 26.6. The van der Waals surface area contributed by atoms with Crippen LogP contribution in [0, 0.1) is 12.7 Å². The maximum atomic E-state index is 17.7. The number of alkyl halides is 1. The first-order chi connectivity index (χ1) is 15.8. The second-order valence-electron chi connectivity index (χ2n) is 12.3. The average molecular weight is 488 g/mol. The Balaban J connectivity index is 1.95. The number of halogens is 3. The van der Waals surface area contributed by atoms with E-state index in [4.69, 9.17) is 11.6 Å². The van der Waals surface area contributed by atoms with Crippen molar-refractivity contribution >= 4 is 80.3 Å². The van der Waals surface area contributed by atoms with Crippen LogP contribution in [0.4, 0.5) is 8.78 Å². The SMILES string of the molecule is BC(B)(NC(B)(B)C1(F)C(B)(B)CN(C(=O)c2ccc(F)c(Cl)c2)CC1(B)B)c1ccc(C)cn1. The van der Waals surface area contributed by atoms with Gasteiger partial charge in [0.15, 0.2) is 0 Å². The molecular formula is C20H30B8ClF2N3O. The van der Waals surface area contributed by atoms with Gasteiger partial charge in [-0.15, -0.1) is 0 Å². The topological polar surface area (TPSA) is 45.2 Å². The average Bonchev–Trinajstić information content (AvgIpc) is 2.72. The molecule has 0 bridgehead atoms. The number of likely N-dealkylation sites (tertiary alicyclic amines) is 1. The lowest BCUT2D eigenvalue weighted by molar-refractivity contribution is 0.00532. The number of benzene rings is 1. The quantitative estimate of drug-likeness (QED) is 0.434. The number of aromatic nitrogens is 1. The molecular weight excluding hydrogens is 458 g/mol. The van der Waals surface area contributed by atoms with Crippen molar-refractivity contribution in [3.8, 4) is 0 Å². The Morgan fingerprint density at radius 3 is 2.14 bits per heavy atom. The highest BCUT2D eigenvalue weighted by molar-refractivity contribution is 6.52. The first-order valence-corrected chi connectivity index (χ1v) is 12.4. The van der Waals surface area contributed by atoms with Crippen molar-refractivity contribution in [3.05, 3.63) is 64.2 Å². The highest BCUT2D eigenvalue weighted by Gasteiger charge is 2.66. The van der Waals surface area contributed by atoms with Gasteiger partial charge in [-0.3, -0.25) is 9.78 Å². The van der Waals surface area contributed by atoms with E-state index < -0.39 is 32.6 Å². The van der Waals surface area contributed by atoms with E-state index in [1.807, 2.05) is 88.0 Å². The first kappa shape index (κ1) is 28.0. The summed E-state index contributed by atoms with van der Waals surface area (Å²) in [6.07, 6.45) is 1.82. The fraction of sp³-hybridized carbons (Fsp3) is 0.400. The van der Waals surface area contributed by atoms with E-state index >= 15 is 4.39 Å². The Morgan fingerprint density at radius 2 is 1.66 bits per heavy atom. The van der Waals surface area contributed by atoms with Gasteiger partial charge in [-0.1, -0.05) is 17.7 Å². The monoisotopic (exact) mass is 489 g/mol. The standard InChI is InChI=1S/C20H30B8ClF2N3O/c1-10-2-5-14(32-7-10)18(25,26)33-20(27,28)19(31)16(21,22)8-34(9-17(19,23)24)15(35)11-3-4-13(30)12(29)6-11/h2-7,33H,8-9,21-28H2,1H3. The lowest BCUT2D eigenvalue weighted by Gasteiger charge is -2.65. The molecule has 2 aromatic rings. The zero-order valence-corrected chi connectivity index (χ0v) is 23.1. The van der Waals surface area contributed by atoms with Gasteiger partial charge >= 0.3 is 0 Å². The highest BCUT2D eigenvalue weighted by atomic mass is 35.5. The normalized spacial score (nSPS) is 19.3. The van der Waals surface area contributed by atoms with Crippen molar-refractivity contribution in [2.75, 3.05) is 13.1 Å². The predicted octanol–water partition coefficient (Wildman–Crippen LogP) is -4.30. The van der Waals surface area contributed by atoms with Crippen LogP contribution in [0.25, 0.3) is 0 Å². The van der Waals surface area contributed by atoms with Crippen molar-refractivity contribution in [2.24, 2.45) is 0 Å². The molecule has 0 spiro atoms. The van der Waals surface area contributed by atoms with Crippen molar-refractivity contribution < 1.29 is 13.6 Å². The van der Waals surface area contributed by atoms with Crippen LogP contribution in [-0.4, -0.2) is 103 Å². The number of piperidine rings is 1. The molecule has 1 N–H and O–H groups in total. The summed E-state index contributed by atoms with van der Waals surface area (Å²) in [6, 6.07) is 7.91. The minimum Gasteiger partial charge on any atom is -0.340 e. The summed E-state index contributed by atoms with van der Waals surface area (Å²) in [4.78, 5) is 19.6. The van der Waals surface area contributed by atoms with E-state index in [0.29, 0.717) is 5.56 Å². The predicted molar refractivity (Wildman–Crippen MR) is 161 cm³/mol. The fourth-order valence-corrected chi connectivity index (χ4v) is 6.74. The van der Waals surface area contributed by atoms with Crippen LogP contribution < -0.4 is 5.32 Å². The summed E-state index contributed by atoms with van der Waals surface area (Å²) in [7, 11) is 15.3. The number of pyridine rings is 1. The van der Waals surface area contributed by atoms with Crippen LogP contribution in [-0.2, 0) is 5.34 Å². The van der Waals surface area contributed by atoms with Crippen LogP contribution in [0.15, 0.2) is 36.5 Å². The number of hydrogen-bond acceptors (Lipinski definition) is 3. The first-order valence-electron chi connectivity index (χ1n) is 12.0. The van der Waals surface area contributed by atoms with Crippen molar-refractivity contribution in [1.29, 1.82) is 0 Å². The smallest absolute Gasteiger partial charge is 0.253 e. The van der Waals surface area contributed by atoms with Gasteiger partial charge in [-0.2, -0.15) is 0 Å². The summed E-state index contributed by atoms with van der Waals surface area (Å²) in [6.45, 7) is 2.39. The van der Waals surface area contributed by atoms with Crippen LogP contribution in [0.5, 0.6) is 0 Å². The number of rotatable bonds is 5. The molecule has 1 aliphatic heterocycles. The third-order valence-electron chi connectivity index (χ3n) is 7.53. The molecule has 1 aliphatic rings. The van der Waals surface area contributed by atoms with E-state index in [-0.39, 0.29) is 24.0 Å². The number of aryl methyl sites for hydroxylation is 1. The number of amides is 1. The second kappa shape index (κ2) is 9.09. The minimum atomic E-state index is -1.72. The molecule has 1 saturated heterocycles. The maximum absolute atomic E-state index is 17.7. The number of nitrogens with zero attached hydrogens (tertiary/aromatic N) is 2. The molecule has 176 valence electrons. The number of carbonyl (C=O) groups is 1. The van der Waals surface area contributed by atoms with Gasteiger partial charge in [0, 0.05) is 30.5 Å². The summed E-state index contributed by atoms with van der Waals surface area (Å²) in [5, 5.41) is 0.0623. The molecule has 0 unspecified atom stereocenters. The Bertz CT molecular complexity index is 1120. The lowest BCUT2D eigenvalue weighted by atomic mass is 9.24. The minimum absolute atomic E-state index is 0.108. The van der Waals surface area contributed by atoms with E-state index in [0.717, 1.165) is 11.3 Å². The molecule has 0 saturated carbocycles. The molecule has 0 atom stereocenters. The third-order valence-corrected chi connectivity index (χ3v) is 7.82. The van der Waals surface area contributed by atoms with Crippen LogP contribution in [0.1, 0.15) is 21.6 Å². The van der Waals surface area contributed by atoms with Gasteiger partial charge in [-0.05, 0) is 57.9 Å². The van der Waals surface area contributed by atoms with Gasteiger partial charge in [0.05, 0.1) is 5.02 Å². The van der Waals surface area contributed by atoms with E-state index in [9.17, 15) is 9.18 Å². The lowest BCUT2D eigenvalue weighted by Crippen LogP contribution is -2.79. The molecule has 1 aromatic carbocycles. The molecule has 1 aromatic heterocycles. The molecule has 2 heterocycles. The molecule has 0 radical (unpaired) electrons. The number of nitrogens with one attached hydrogen (secondary N) is 1. The summed E-state index contributed by atoms with van der Waals surface area (Å²) in [5.41, 5.74) is 0.466. The van der Waals surface area contributed by atoms with Gasteiger partial charge in [0.25, 0.3) is 5.91 Å². The molecule has 0 aliphatic carbocycles. The van der Waals surface area contributed by atoms with Gasteiger partial charge in [0.1, 0.15) is 74.3 Å². The summed E-state index contributed by atoms with van der Waals surface area (Å²) in [5.74, 6) is -0.867. The van der Waals surface area contributed by atoms with Crippen molar-refractivity contribution in [3.63, 3.8) is 0 Å². The third kappa shape index (κ3) is 4.90. The van der Waals surface area contributed by atoms with Crippen molar-refractivity contribution in [1.82, 2.24) is 15.2 Å². The summed E-state index contributed by atoms with van der Waals surface area (Å²) >= 11 is 5.92. The zero-order valence-electron chi connectivity index (χ0n) is 22.3. The van der Waals surface area contributed by atoms with E-state index in [1.165, 1.54) is 18.2 Å². The van der Waals surface area contributed by atoms with Crippen LogP contribution in [0.3, 0.4) is 0 Å². The molecule has 1 fully saturated rings. The van der Waals surface area contributed by atoms with Gasteiger partial charge < -0.3 is 10.2 Å². The van der Waals surface area contributed by atoms with Crippen molar-refractivity contribution in [2.45, 2.75) is 33.7 Å². The molecule has 4 nitrogen and oxygen atoms in total. The number of carbonyl (C=O) groups excluding carboxylic acids is 1. The fourth-order valence-electron chi connectivity index (χ4n) is 6.56. The van der Waals surface area contributed by atoms with E-state index in [2.05, 4.69) is 10.3 Å². The van der Waals surface area contributed by atoms with Crippen LogP contribution in [0.2, 0.25) is 15.5 Å².